The van der Waals surface area contributed by atoms with E-state index in [9.17, 15) is 4.79 Å². The highest BCUT2D eigenvalue weighted by Crippen LogP contribution is 2.27. The summed E-state index contributed by atoms with van der Waals surface area (Å²) in [6.07, 6.45) is 1.00. The molecule has 1 atom stereocenters. The number of nitrogen functional groups attached to an aromatic ring is 1. The number of nitrogens with two attached hydrogens (primary N) is 1. The second kappa shape index (κ2) is 7.58. The van der Waals surface area contributed by atoms with Crippen molar-refractivity contribution < 1.29 is 14.3 Å². The molecule has 1 aliphatic rings. The van der Waals surface area contributed by atoms with Gasteiger partial charge in [-0.3, -0.25) is 4.79 Å². The quantitative estimate of drug-likeness (QED) is 0.763. The van der Waals surface area contributed by atoms with E-state index in [1.54, 1.807) is 12.0 Å². The molecule has 0 aliphatic carbocycles. The minimum atomic E-state index is -0.0634. The molecular weight excluding hydrogens is 292 g/mol. The zero-order valence-corrected chi connectivity index (χ0v) is 13.2. The number of nitrogens with zero attached hydrogens (tertiary/aromatic N) is 2. The molecule has 1 saturated heterocycles. The van der Waals surface area contributed by atoms with E-state index in [-0.39, 0.29) is 17.8 Å². The molecule has 1 aromatic rings. The van der Waals surface area contributed by atoms with Gasteiger partial charge in [-0.15, -0.1) is 0 Å². The van der Waals surface area contributed by atoms with Crippen molar-refractivity contribution in [1.82, 2.24) is 9.88 Å². The molecule has 0 aromatic carbocycles. The zero-order chi connectivity index (χ0) is 15.2. The molecule has 0 spiro atoms. The zero-order valence-electron chi connectivity index (χ0n) is 12.4. The average molecular weight is 314 g/mol. The molecule has 21 heavy (non-hydrogen) atoms. The van der Waals surface area contributed by atoms with Crippen LogP contribution in [0.2, 0.25) is 0 Å². The monoisotopic (exact) mass is 314 g/mol. The number of hydrogen-bond acceptors (Lipinski definition) is 7. The molecular formula is C13H22N4O3S. The highest BCUT2D eigenvalue weighted by Gasteiger charge is 2.27. The van der Waals surface area contributed by atoms with Crippen molar-refractivity contribution >= 4 is 28.2 Å². The van der Waals surface area contributed by atoms with Crippen molar-refractivity contribution in [2.45, 2.75) is 19.4 Å². The van der Waals surface area contributed by atoms with E-state index in [0.29, 0.717) is 42.9 Å². The predicted molar refractivity (Wildman–Crippen MR) is 82.8 cm³/mol. The third kappa shape index (κ3) is 4.05. The maximum Gasteiger partial charge on any atom is 0.268 e. The number of thiazole rings is 1. The smallest absolute Gasteiger partial charge is 0.268 e. The van der Waals surface area contributed by atoms with Crippen LogP contribution < -0.4 is 11.1 Å². The van der Waals surface area contributed by atoms with Crippen LogP contribution in [-0.2, 0) is 9.47 Å². The number of nitrogens with one attached hydrogen (secondary N) is 1. The number of methoxy groups -OCH3 is 1. The van der Waals surface area contributed by atoms with Crippen LogP contribution in [0.1, 0.15) is 23.0 Å². The summed E-state index contributed by atoms with van der Waals surface area (Å²) in [5.74, 6) is 0.219. The molecule has 1 fully saturated rings. The van der Waals surface area contributed by atoms with Crippen molar-refractivity contribution in [3.63, 3.8) is 0 Å². The van der Waals surface area contributed by atoms with E-state index in [2.05, 4.69) is 17.2 Å². The van der Waals surface area contributed by atoms with Gasteiger partial charge in [0, 0.05) is 26.7 Å². The lowest BCUT2D eigenvalue weighted by atomic mass is 10.2. The predicted octanol–water partition coefficient (Wildman–Crippen LogP) is 1.03. The largest absolute Gasteiger partial charge is 0.383 e. The number of amides is 1. The second-order valence-electron chi connectivity index (χ2n) is 4.81. The molecule has 0 bridgehead atoms. The van der Waals surface area contributed by atoms with Gasteiger partial charge in [0.15, 0.2) is 5.13 Å². The Bertz CT molecular complexity index is 480. The molecule has 118 valence electrons. The van der Waals surface area contributed by atoms with Crippen LogP contribution in [0.5, 0.6) is 0 Å². The standard InChI is InChI=1S/C13H22N4O3S/c1-3-9-8-17(5-7-20-9)12(18)10-11(14)16-13(21-10)15-4-6-19-2/h9H,3-8,14H2,1-2H3,(H,15,16). The van der Waals surface area contributed by atoms with Gasteiger partial charge in [0.1, 0.15) is 10.7 Å². The van der Waals surface area contributed by atoms with E-state index >= 15 is 0 Å². The Hall–Kier alpha value is -1.38. The summed E-state index contributed by atoms with van der Waals surface area (Å²) in [5.41, 5.74) is 5.87. The Kier molecular flexibility index (Phi) is 5.77. The second-order valence-corrected chi connectivity index (χ2v) is 5.80. The summed E-state index contributed by atoms with van der Waals surface area (Å²) < 4.78 is 10.5. The molecule has 1 aromatic heterocycles. The first-order valence-electron chi connectivity index (χ1n) is 7.05. The minimum absolute atomic E-state index is 0.0634. The summed E-state index contributed by atoms with van der Waals surface area (Å²) in [6, 6.07) is 0. The fourth-order valence-electron chi connectivity index (χ4n) is 2.12. The van der Waals surface area contributed by atoms with Crippen LogP contribution in [0.4, 0.5) is 10.9 Å². The van der Waals surface area contributed by atoms with E-state index in [1.807, 2.05) is 0 Å². The number of carbonyl (C=O) groups is 1. The lowest BCUT2D eigenvalue weighted by Gasteiger charge is -2.32. The van der Waals surface area contributed by atoms with Crippen molar-refractivity contribution in [2.75, 3.05) is 51.0 Å². The Labute approximate surface area is 128 Å². The van der Waals surface area contributed by atoms with Gasteiger partial charge < -0.3 is 25.4 Å². The van der Waals surface area contributed by atoms with Gasteiger partial charge in [-0.25, -0.2) is 4.98 Å². The first kappa shape index (κ1) is 16.0. The van der Waals surface area contributed by atoms with Crippen LogP contribution in [-0.4, -0.2) is 61.9 Å². The fraction of sp³-hybridized carbons (Fsp3) is 0.692. The Morgan fingerprint density at radius 2 is 2.48 bits per heavy atom. The highest BCUT2D eigenvalue weighted by molar-refractivity contribution is 7.18. The Morgan fingerprint density at radius 3 is 3.19 bits per heavy atom. The first-order chi connectivity index (χ1) is 10.2. The van der Waals surface area contributed by atoms with Crippen LogP contribution in [0, 0.1) is 0 Å². The van der Waals surface area contributed by atoms with Crippen molar-refractivity contribution in [1.29, 1.82) is 0 Å². The lowest BCUT2D eigenvalue weighted by molar-refractivity contribution is -0.0224. The third-order valence-corrected chi connectivity index (χ3v) is 4.33. The van der Waals surface area contributed by atoms with Gasteiger partial charge in [0.05, 0.1) is 19.3 Å². The van der Waals surface area contributed by atoms with Crippen molar-refractivity contribution in [2.24, 2.45) is 0 Å². The minimum Gasteiger partial charge on any atom is -0.383 e. The van der Waals surface area contributed by atoms with E-state index < -0.39 is 0 Å². The van der Waals surface area contributed by atoms with Crippen molar-refractivity contribution in [3.05, 3.63) is 4.88 Å². The summed E-state index contributed by atoms with van der Waals surface area (Å²) >= 11 is 1.29. The van der Waals surface area contributed by atoms with Gasteiger partial charge in [-0.05, 0) is 6.42 Å². The SMILES string of the molecule is CCC1CN(C(=O)c2sc(NCCOC)nc2N)CCO1. The molecule has 0 radical (unpaired) electrons. The fourth-order valence-corrected chi connectivity index (χ4v) is 2.99. The summed E-state index contributed by atoms with van der Waals surface area (Å²) in [7, 11) is 1.63. The maximum atomic E-state index is 12.5. The molecule has 1 amide bonds. The van der Waals surface area contributed by atoms with Gasteiger partial charge in [-0.1, -0.05) is 18.3 Å². The number of aromatic nitrogens is 1. The first-order valence-corrected chi connectivity index (χ1v) is 7.87. The Balaban J connectivity index is 2.01. The number of carbonyl (C=O) groups excluding carboxylic acids is 1. The number of anilines is 2. The number of hydrogen-bond donors (Lipinski definition) is 2. The van der Waals surface area contributed by atoms with E-state index in [4.69, 9.17) is 15.2 Å². The van der Waals surface area contributed by atoms with Gasteiger partial charge in [0.2, 0.25) is 0 Å². The normalized spacial score (nSPS) is 18.8. The lowest BCUT2D eigenvalue weighted by Crippen LogP contribution is -2.45. The molecule has 7 nitrogen and oxygen atoms in total. The van der Waals surface area contributed by atoms with Crippen LogP contribution in [0.3, 0.4) is 0 Å². The van der Waals surface area contributed by atoms with Gasteiger partial charge in [-0.2, -0.15) is 0 Å². The van der Waals surface area contributed by atoms with Gasteiger partial charge >= 0.3 is 0 Å². The summed E-state index contributed by atoms with van der Waals surface area (Å²) in [5, 5.41) is 3.74. The molecule has 3 N–H and O–H groups in total. The Morgan fingerprint density at radius 1 is 1.67 bits per heavy atom. The highest BCUT2D eigenvalue weighted by atomic mass is 32.1. The molecule has 0 saturated carbocycles. The third-order valence-electron chi connectivity index (χ3n) is 3.31. The van der Waals surface area contributed by atoms with Crippen molar-refractivity contribution in [3.8, 4) is 0 Å². The molecule has 2 rings (SSSR count). The number of rotatable bonds is 6. The van der Waals surface area contributed by atoms with Crippen LogP contribution >= 0.6 is 11.3 Å². The van der Waals surface area contributed by atoms with E-state index in [0.717, 1.165) is 6.42 Å². The molecule has 1 aliphatic heterocycles. The van der Waals surface area contributed by atoms with Crippen LogP contribution in [0.15, 0.2) is 0 Å². The number of morpholine rings is 1. The molecule has 2 heterocycles. The van der Waals surface area contributed by atoms with E-state index in [1.165, 1.54) is 11.3 Å². The maximum absolute atomic E-state index is 12.5. The summed E-state index contributed by atoms with van der Waals surface area (Å²) in [4.78, 5) is 19.0. The molecule has 8 heteroatoms. The van der Waals surface area contributed by atoms with Gasteiger partial charge in [0.25, 0.3) is 5.91 Å². The topological polar surface area (TPSA) is 89.7 Å². The van der Waals surface area contributed by atoms with Crippen LogP contribution in [0.25, 0.3) is 0 Å². The average Bonchev–Trinajstić information content (AvgIpc) is 2.88. The number of ether oxygens (including phenoxy) is 2. The summed E-state index contributed by atoms with van der Waals surface area (Å²) in [6.45, 7) is 5.04. The molecule has 1 unspecified atom stereocenters.